The van der Waals surface area contributed by atoms with E-state index in [1.165, 1.54) is 5.56 Å². The molecule has 0 fully saturated rings. The maximum Gasteiger partial charge on any atom is 0.231 e. The summed E-state index contributed by atoms with van der Waals surface area (Å²) in [5, 5.41) is 5.36. The van der Waals surface area contributed by atoms with Crippen LogP contribution < -0.4 is 4.74 Å². The number of hydrogen-bond acceptors (Lipinski definition) is 5. The molecular formula is C20H22N4O2. The van der Waals surface area contributed by atoms with Crippen molar-refractivity contribution in [3.8, 4) is 5.75 Å². The van der Waals surface area contributed by atoms with Crippen LogP contribution in [0.3, 0.4) is 0 Å². The second kappa shape index (κ2) is 5.83. The number of hydrogen-bond donors (Lipinski definition) is 0. The molecule has 0 amide bonds. The standard InChI is InChI=1S/C20H22N4O2/c1-12-13(2)26-19-17(12)18-22-16(23-24(18)11-21-19)10-25-15-8-6-14(7-9-15)20(3,4)5/h6-9,11H,10H2,1-5H3. The van der Waals surface area contributed by atoms with Crippen molar-refractivity contribution in [2.24, 2.45) is 0 Å². The van der Waals surface area contributed by atoms with E-state index in [0.717, 1.165) is 28.1 Å². The summed E-state index contributed by atoms with van der Waals surface area (Å²) in [5.74, 6) is 2.26. The molecular weight excluding hydrogens is 328 g/mol. The zero-order chi connectivity index (χ0) is 18.5. The van der Waals surface area contributed by atoms with Crippen molar-refractivity contribution in [3.63, 3.8) is 0 Å². The Morgan fingerprint density at radius 2 is 1.85 bits per heavy atom. The van der Waals surface area contributed by atoms with Crippen molar-refractivity contribution < 1.29 is 9.15 Å². The second-order valence-corrected chi connectivity index (χ2v) is 7.57. The first-order valence-electron chi connectivity index (χ1n) is 8.66. The quantitative estimate of drug-likeness (QED) is 0.549. The zero-order valence-electron chi connectivity index (χ0n) is 15.7. The summed E-state index contributed by atoms with van der Waals surface area (Å²) < 4.78 is 13.2. The van der Waals surface area contributed by atoms with Crippen LogP contribution in [0.1, 0.15) is 43.5 Å². The second-order valence-electron chi connectivity index (χ2n) is 7.57. The number of nitrogens with zero attached hydrogens (tertiary/aromatic N) is 4. The van der Waals surface area contributed by atoms with Gasteiger partial charge in [0.15, 0.2) is 11.5 Å². The van der Waals surface area contributed by atoms with Crippen LogP contribution in [0.4, 0.5) is 0 Å². The molecule has 0 aliphatic rings. The first-order chi connectivity index (χ1) is 12.3. The average Bonchev–Trinajstić information content (AvgIpc) is 3.13. The summed E-state index contributed by atoms with van der Waals surface area (Å²) in [4.78, 5) is 8.92. The first kappa shape index (κ1) is 16.6. The molecule has 0 aliphatic heterocycles. The van der Waals surface area contributed by atoms with Crippen LogP contribution in [0, 0.1) is 13.8 Å². The van der Waals surface area contributed by atoms with E-state index in [1.54, 1.807) is 10.8 Å². The Bertz CT molecular complexity index is 1090. The van der Waals surface area contributed by atoms with Gasteiger partial charge in [0.2, 0.25) is 5.71 Å². The lowest BCUT2D eigenvalue weighted by molar-refractivity contribution is 0.296. The molecule has 3 aromatic heterocycles. The van der Waals surface area contributed by atoms with E-state index in [9.17, 15) is 0 Å². The number of benzene rings is 1. The van der Waals surface area contributed by atoms with Crippen LogP contribution in [-0.4, -0.2) is 19.6 Å². The molecule has 0 N–H and O–H groups in total. The smallest absolute Gasteiger partial charge is 0.231 e. The van der Waals surface area contributed by atoms with Crippen molar-refractivity contribution in [1.29, 1.82) is 0 Å². The zero-order valence-corrected chi connectivity index (χ0v) is 15.7. The Hall–Kier alpha value is -2.89. The van der Waals surface area contributed by atoms with E-state index in [2.05, 4.69) is 48.0 Å². The molecule has 26 heavy (non-hydrogen) atoms. The van der Waals surface area contributed by atoms with Gasteiger partial charge in [-0.15, -0.1) is 5.10 Å². The fourth-order valence-electron chi connectivity index (χ4n) is 2.95. The molecule has 4 rings (SSSR count). The highest BCUT2D eigenvalue weighted by Crippen LogP contribution is 2.27. The summed E-state index contributed by atoms with van der Waals surface area (Å²) in [5.41, 5.74) is 3.77. The third-order valence-electron chi connectivity index (χ3n) is 4.64. The Morgan fingerprint density at radius 1 is 1.12 bits per heavy atom. The predicted octanol–water partition coefficient (Wildman–Crippen LogP) is 4.36. The van der Waals surface area contributed by atoms with Gasteiger partial charge in [-0.3, -0.25) is 0 Å². The molecule has 134 valence electrons. The van der Waals surface area contributed by atoms with Gasteiger partial charge >= 0.3 is 0 Å². The van der Waals surface area contributed by atoms with Gasteiger partial charge in [-0.1, -0.05) is 32.9 Å². The van der Waals surface area contributed by atoms with Gasteiger partial charge in [0, 0.05) is 5.56 Å². The predicted molar refractivity (Wildman–Crippen MR) is 99.5 cm³/mol. The lowest BCUT2D eigenvalue weighted by Gasteiger charge is -2.19. The Kier molecular flexibility index (Phi) is 3.72. The molecule has 3 heterocycles. The number of furan rings is 1. The molecule has 0 radical (unpaired) electrons. The van der Waals surface area contributed by atoms with E-state index < -0.39 is 0 Å². The fraction of sp³-hybridized carbons (Fsp3) is 0.350. The molecule has 1 aromatic carbocycles. The van der Waals surface area contributed by atoms with Gasteiger partial charge < -0.3 is 9.15 Å². The minimum absolute atomic E-state index is 0.126. The minimum Gasteiger partial charge on any atom is -0.486 e. The van der Waals surface area contributed by atoms with Gasteiger partial charge in [0.25, 0.3) is 0 Å². The van der Waals surface area contributed by atoms with E-state index in [1.807, 2.05) is 26.0 Å². The Labute approximate surface area is 151 Å². The summed E-state index contributed by atoms with van der Waals surface area (Å²) >= 11 is 0. The number of rotatable bonds is 3. The highest BCUT2D eigenvalue weighted by atomic mass is 16.5. The van der Waals surface area contributed by atoms with Crippen molar-refractivity contribution in [2.45, 2.75) is 46.6 Å². The minimum atomic E-state index is 0.126. The molecule has 0 bridgehead atoms. The SMILES string of the molecule is Cc1oc2ncn3nc(COc4ccc(C(C)(C)C)cc4)nc3c2c1C. The third-order valence-corrected chi connectivity index (χ3v) is 4.64. The van der Waals surface area contributed by atoms with E-state index in [4.69, 9.17) is 9.15 Å². The molecule has 0 aliphatic carbocycles. The van der Waals surface area contributed by atoms with Gasteiger partial charge in [-0.2, -0.15) is 0 Å². The molecule has 0 unspecified atom stereocenters. The van der Waals surface area contributed by atoms with Crippen LogP contribution in [0.5, 0.6) is 5.75 Å². The molecule has 6 heteroatoms. The normalized spacial score (nSPS) is 12.2. The number of aryl methyl sites for hydroxylation is 2. The van der Waals surface area contributed by atoms with Crippen molar-refractivity contribution >= 4 is 16.7 Å². The average molecular weight is 350 g/mol. The van der Waals surface area contributed by atoms with Crippen LogP contribution in [0.25, 0.3) is 16.7 Å². The summed E-state index contributed by atoms with van der Waals surface area (Å²) in [6.07, 6.45) is 1.62. The Balaban J connectivity index is 1.59. The fourth-order valence-corrected chi connectivity index (χ4v) is 2.95. The van der Waals surface area contributed by atoms with E-state index in [0.29, 0.717) is 18.1 Å². The monoisotopic (exact) mass is 350 g/mol. The van der Waals surface area contributed by atoms with Crippen molar-refractivity contribution in [2.75, 3.05) is 0 Å². The topological polar surface area (TPSA) is 65.5 Å². The van der Waals surface area contributed by atoms with Crippen LogP contribution >= 0.6 is 0 Å². The molecule has 4 aromatic rings. The largest absolute Gasteiger partial charge is 0.486 e. The van der Waals surface area contributed by atoms with Gasteiger partial charge in [-0.05, 0) is 37.0 Å². The highest BCUT2D eigenvalue weighted by molar-refractivity contribution is 5.91. The number of aromatic nitrogens is 4. The molecule has 0 spiro atoms. The van der Waals surface area contributed by atoms with E-state index in [-0.39, 0.29) is 5.41 Å². The maximum absolute atomic E-state index is 5.85. The summed E-state index contributed by atoms with van der Waals surface area (Å²) in [6, 6.07) is 8.16. The summed E-state index contributed by atoms with van der Waals surface area (Å²) in [7, 11) is 0. The molecule has 6 nitrogen and oxygen atoms in total. The number of ether oxygens (including phenoxy) is 1. The van der Waals surface area contributed by atoms with Crippen molar-refractivity contribution in [3.05, 3.63) is 53.3 Å². The summed E-state index contributed by atoms with van der Waals surface area (Å²) in [6.45, 7) is 10.8. The lowest BCUT2D eigenvalue weighted by atomic mass is 9.87. The van der Waals surface area contributed by atoms with Crippen LogP contribution in [0.15, 0.2) is 35.0 Å². The lowest BCUT2D eigenvalue weighted by Crippen LogP contribution is -2.10. The first-order valence-corrected chi connectivity index (χ1v) is 8.66. The Morgan fingerprint density at radius 3 is 2.54 bits per heavy atom. The highest BCUT2D eigenvalue weighted by Gasteiger charge is 2.16. The van der Waals surface area contributed by atoms with Crippen LogP contribution in [0.2, 0.25) is 0 Å². The third kappa shape index (κ3) is 2.81. The van der Waals surface area contributed by atoms with Crippen molar-refractivity contribution in [1.82, 2.24) is 19.6 Å². The maximum atomic E-state index is 5.85. The van der Waals surface area contributed by atoms with Crippen LogP contribution in [-0.2, 0) is 12.0 Å². The molecule has 0 saturated carbocycles. The molecule has 0 saturated heterocycles. The van der Waals surface area contributed by atoms with Gasteiger partial charge in [0.1, 0.15) is 24.4 Å². The van der Waals surface area contributed by atoms with E-state index >= 15 is 0 Å². The molecule has 0 atom stereocenters. The van der Waals surface area contributed by atoms with Gasteiger partial charge in [-0.25, -0.2) is 14.5 Å². The van der Waals surface area contributed by atoms with Gasteiger partial charge in [0.05, 0.1) is 5.39 Å². The number of fused-ring (bicyclic) bond motifs is 3.